The molecule has 0 saturated heterocycles. The summed E-state index contributed by atoms with van der Waals surface area (Å²) in [4.78, 5) is 0. The fourth-order valence-electron chi connectivity index (χ4n) is 1.13. The summed E-state index contributed by atoms with van der Waals surface area (Å²) in [5.74, 6) is 0. The molecule has 0 bridgehead atoms. The Morgan fingerprint density at radius 1 is 1.12 bits per heavy atom. The zero-order valence-electron chi connectivity index (χ0n) is 12.2. The van der Waals surface area contributed by atoms with Gasteiger partial charge in [-0.2, -0.15) is 0 Å². The first kappa shape index (κ1) is 18.3. The fraction of sp³-hybridized carbons (Fsp3) is 0.500. The van der Waals surface area contributed by atoms with E-state index in [1.165, 1.54) is 17.6 Å². The van der Waals surface area contributed by atoms with Crippen molar-refractivity contribution < 1.29 is 0 Å². The molecule has 0 aliphatic carbocycles. The maximum absolute atomic E-state index is 3.94. The molecule has 0 aromatic heterocycles. The minimum absolute atomic E-state index is 1.03. The van der Waals surface area contributed by atoms with E-state index in [0.29, 0.717) is 0 Å². The van der Waals surface area contributed by atoms with Gasteiger partial charge in [-0.15, -0.1) is 0 Å². The zero-order valence-corrected chi connectivity index (χ0v) is 12.2. The lowest BCUT2D eigenvalue weighted by molar-refractivity contribution is 0.772. The van der Waals surface area contributed by atoms with Crippen LogP contribution in [0.15, 0.2) is 36.9 Å². The molecule has 1 aromatic rings. The quantitative estimate of drug-likeness (QED) is 0.794. The van der Waals surface area contributed by atoms with Crippen molar-refractivity contribution >= 4 is 5.57 Å². The second-order valence-electron chi connectivity index (χ2n) is 3.43. The Labute approximate surface area is 108 Å². The van der Waals surface area contributed by atoms with Gasteiger partial charge in [0.05, 0.1) is 0 Å². The standard InChI is InChI=1S/C10H12.C4H11N.C2H6/c1-3-9(2)10-7-5-4-6-8-10;1-3-4-5-2;1-2/h4-8H,2-3H2,1H3;5H,3-4H2,1-2H3;1-2H3. The van der Waals surface area contributed by atoms with Gasteiger partial charge in [-0.3, -0.25) is 0 Å². The van der Waals surface area contributed by atoms with E-state index in [-0.39, 0.29) is 0 Å². The topological polar surface area (TPSA) is 12.0 Å². The lowest BCUT2D eigenvalue weighted by Gasteiger charge is -1.99. The minimum Gasteiger partial charge on any atom is -0.320 e. The summed E-state index contributed by atoms with van der Waals surface area (Å²) in [7, 11) is 1.96. The second kappa shape index (κ2) is 14.9. The Kier molecular flexibility index (Phi) is 16.1. The Morgan fingerprint density at radius 3 is 1.94 bits per heavy atom. The van der Waals surface area contributed by atoms with E-state index in [4.69, 9.17) is 0 Å². The van der Waals surface area contributed by atoms with Crippen LogP contribution in [0.4, 0.5) is 0 Å². The van der Waals surface area contributed by atoms with Crippen LogP contribution in [0.3, 0.4) is 0 Å². The fourth-order valence-corrected chi connectivity index (χ4v) is 1.13. The Hall–Kier alpha value is -1.08. The molecule has 98 valence electrons. The van der Waals surface area contributed by atoms with Gasteiger partial charge in [0, 0.05) is 0 Å². The van der Waals surface area contributed by atoms with Gasteiger partial charge in [-0.25, -0.2) is 0 Å². The van der Waals surface area contributed by atoms with E-state index in [9.17, 15) is 0 Å². The molecular weight excluding hydrogens is 206 g/mol. The molecule has 0 spiro atoms. The first-order valence-electron chi connectivity index (χ1n) is 6.64. The molecule has 1 heteroatoms. The van der Waals surface area contributed by atoms with Gasteiger partial charge < -0.3 is 5.32 Å². The molecule has 0 unspecified atom stereocenters. The highest BCUT2D eigenvalue weighted by atomic mass is 14.8. The monoisotopic (exact) mass is 235 g/mol. The molecule has 0 amide bonds. The van der Waals surface area contributed by atoms with Crippen molar-refractivity contribution in [2.45, 2.75) is 40.5 Å². The number of benzene rings is 1. The van der Waals surface area contributed by atoms with Crippen molar-refractivity contribution in [1.29, 1.82) is 0 Å². The molecule has 17 heavy (non-hydrogen) atoms. The Balaban J connectivity index is 0. The molecule has 0 radical (unpaired) electrons. The highest BCUT2D eigenvalue weighted by Crippen LogP contribution is 2.13. The van der Waals surface area contributed by atoms with Crippen molar-refractivity contribution in [3.8, 4) is 0 Å². The van der Waals surface area contributed by atoms with Crippen LogP contribution in [0.2, 0.25) is 0 Å². The highest BCUT2D eigenvalue weighted by molar-refractivity contribution is 5.62. The van der Waals surface area contributed by atoms with Gasteiger partial charge in [0.2, 0.25) is 0 Å². The predicted molar refractivity (Wildman–Crippen MR) is 81.3 cm³/mol. The van der Waals surface area contributed by atoms with Crippen LogP contribution in [-0.4, -0.2) is 13.6 Å². The highest BCUT2D eigenvalue weighted by Gasteiger charge is 1.91. The van der Waals surface area contributed by atoms with Gasteiger partial charge in [0.25, 0.3) is 0 Å². The van der Waals surface area contributed by atoms with Crippen molar-refractivity contribution in [3.63, 3.8) is 0 Å². The third-order valence-corrected chi connectivity index (χ3v) is 2.11. The summed E-state index contributed by atoms with van der Waals surface area (Å²) in [6.07, 6.45) is 2.26. The van der Waals surface area contributed by atoms with Crippen LogP contribution in [0.25, 0.3) is 5.57 Å². The van der Waals surface area contributed by atoms with Crippen molar-refractivity contribution in [3.05, 3.63) is 42.5 Å². The van der Waals surface area contributed by atoms with Gasteiger partial charge in [-0.1, -0.05) is 64.6 Å². The summed E-state index contributed by atoms with van der Waals surface area (Å²) >= 11 is 0. The molecule has 1 aromatic carbocycles. The molecular formula is C16H29N. The van der Waals surface area contributed by atoms with Crippen molar-refractivity contribution in [2.24, 2.45) is 0 Å². The lowest BCUT2D eigenvalue weighted by Crippen LogP contribution is -2.04. The van der Waals surface area contributed by atoms with Crippen LogP contribution in [-0.2, 0) is 0 Å². The summed E-state index contributed by atoms with van der Waals surface area (Å²) in [5, 5.41) is 3.02. The number of hydrogen-bond donors (Lipinski definition) is 1. The first-order valence-corrected chi connectivity index (χ1v) is 6.64. The molecule has 1 nitrogen and oxygen atoms in total. The molecule has 0 saturated carbocycles. The molecule has 0 heterocycles. The van der Waals surface area contributed by atoms with Gasteiger partial charge >= 0.3 is 0 Å². The summed E-state index contributed by atoms with van der Waals surface area (Å²) in [6.45, 7) is 13.4. The van der Waals surface area contributed by atoms with Crippen LogP contribution in [0.5, 0.6) is 0 Å². The minimum atomic E-state index is 1.03. The van der Waals surface area contributed by atoms with Crippen LogP contribution >= 0.6 is 0 Å². The van der Waals surface area contributed by atoms with Crippen LogP contribution < -0.4 is 5.32 Å². The number of hydrogen-bond acceptors (Lipinski definition) is 1. The molecule has 1 N–H and O–H groups in total. The SMILES string of the molecule is C=C(CC)c1ccccc1.CC.CCCNC. The van der Waals surface area contributed by atoms with Gasteiger partial charge in [0.1, 0.15) is 0 Å². The summed E-state index contributed by atoms with van der Waals surface area (Å²) < 4.78 is 0. The molecule has 0 fully saturated rings. The van der Waals surface area contributed by atoms with Crippen LogP contribution in [0, 0.1) is 0 Å². The maximum atomic E-state index is 3.94. The summed E-state index contributed by atoms with van der Waals surface area (Å²) in [5.41, 5.74) is 2.46. The van der Waals surface area contributed by atoms with E-state index in [2.05, 4.69) is 37.9 Å². The summed E-state index contributed by atoms with van der Waals surface area (Å²) in [6, 6.07) is 10.3. The van der Waals surface area contributed by atoms with E-state index in [1.807, 2.05) is 39.1 Å². The normalized spacial score (nSPS) is 8.29. The Morgan fingerprint density at radius 2 is 1.65 bits per heavy atom. The van der Waals surface area contributed by atoms with Crippen molar-refractivity contribution in [2.75, 3.05) is 13.6 Å². The van der Waals surface area contributed by atoms with E-state index < -0.39 is 0 Å². The zero-order chi connectivity index (χ0) is 13.5. The average molecular weight is 235 g/mol. The number of rotatable bonds is 4. The second-order valence-corrected chi connectivity index (χ2v) is 3.43. The third kappa shape index (κ3) is 11.2. The third-order valence-electron chi connectivity index (χ3n) is 2.11. The van der Waals surface area contributed by atoms with Gasteiger partial charge in [-0.05, 0) is 37.6 Å². The molecule has 0 aliphatic heterocycles. The largest absolute Gasteiger partial charge is 0.320 e. The molecule has 0 atom stereocenters. The lowest BCUT2D eigenvalue weighted by atomic mass is 10.1. The first-order chi connectivity index (χ1) is 8.26. The Bertz CT molecular complexity index is 249. The van der Waals surface area contributed by atoms with Gasteiger partial charge in [0.15, 0.2) is 0 Å². The number of nitrogens with one attached hydrogen (secondary N) is 1. The molecule has 1 rings (SSSR count). The average Bonchev–Trinajstić information content (AvgIpc) is 2.43. The number of allylic oxidation sites excluding steroid dienone is 1. The van der Waals surface area contributed by atoms with E-state index in [0.717, 1.165) is 13.0 Å². The maximum Gasteiger partial charge on any atom is -0.00546 e. The van der Waals surface area contributed by atoms with Crippen LogP contribution in [0.1, 0.15) is 46.1 Å². The van der Waals surface area contributed by atoms with E-state index in [1.54, 1.807) is 0 Å². The predicted octanol–water partition coefficient (Wildman–Crippen LogP) is 4.75. The van der Waals surface area contributed by atoms with E-state index >= 15 is 0 Å². The molecule has 0 aliphatic rings. The smallest absolute Gasteiger partial charge is 0.00546 e. The van der Waals surface area contributed by atoms with Crippen molar-refractivity contribution in [1.82, 2.24) is 5.32 Å².